The number of hydrogen-bond acceptors (Lipinski definition) is 4. The Labute approximate surface area is 161 Å². The summed E-state index contributed by atoms with van der Waals surface area (Å²) < 4.78 is 26.5. The second-order valence-corrected chi connectivity index (χ2v) is 7.10. The smallest absolute Gasteiger partial charge is 0.255 e. The highest BCUT2D eigenvalue weighted by Crippen LogP contribution is 2.31. The van der Waals surface area contributed by atoms with Gasteiger partial charge in [0.05, 0.1) is 11.9 Å². The third-order valence-corrected chi connectivity index (χ3v) is 4.97. The second-order valence-electron chi connectivity index (χ2n) is 7.10. The van der Waals surface area contributed by atoms with Gasteiger partial charge in [-0.1, -0.05) is 0 Å². The van der Waals surface area contributed by atoms with Gasteiger partial charge >= 0.3 is 0 Å². The highest BCUT2D eigenvalue weighted by Gasteiger charge is 2.34. The number of piperazine rings is 1. The zero-order chi connectivity index (χ0) is 19.7. The number of nitrogens with zero attached hydrogens (tertiary/aromatic N) is 3. The van der Waals surface area contributed by atoms with Crippen molar-refractivity contribution < 1.29 is 18.4 Å². The summed E-state index contributed by atoms with van der Waals surface area (Å²) in [5.74, 6) is -0.970. The van der Waals surface area contributed by atoms with Gasteiger partial charge in [0, 0.05) is 43.7 Å². The first-order chi connectivity index (χ1) is 13.5. The van der Waals surface area contributed by atoms with Crippen LogP contribution < -0.4 is 10.2 Å². The first-order valence-corrected chi connectivity index (χ1v) is 9.27. The van der Waals surface area contributed by atoms with Gasteiger partial charge in [-0.2, -0.15) is 0 Å². The molecular formula is C20H20F2N4O2. The van der Waals surface area contributed by atoms with E-state index in [1.807, 2.05) is 4.90 Å². The Kier molecular flexibility index (Phi) is 4.93. The van der Waals surface area contributed by atoms with E-state index in [0.29, 0.717) is 37.9 Å². The number of nitrogens with one attached hydrogen (secondary N) is 1. The zero-order valence-electron chi connectivity index (χ0n) is 15.2. The van der Waals surface area contributed by atoms with Gasteiger partial charge in [0.15, 0.2) is 0 Å². The van der Waals surface area contributed by atoms with Crippen molar-refractivity contribution in [2.45, 2.75) is 12.8 Å². The van der Waals surface area contributed by atoms with Gasteiger partial charge in [0.1, 0.15) is 17.5 Å². The minimum Gasteiger partial charge on any atom is -0.353 e. The lowest BCUT2D eigenvalue weighted by Gasteiger charge is -2.35. The van der Waals surface area contributed by atoms with Gasteiger partial charge < -0.3 is 15.1 Å². The van der Waals surface area contributed by atoms with Crippen molar-refractivity contribution in [3.63, 3.8) is 0 Å². The molecule has 4 rings (SSSR count). The molecule has 2 fully saturated rings. The van der Waals surface area contributed by atoms with Crippen LogP contribution in [0.5, 0.6) is 0 Å². The Bertz CT molecular complexity index is 871. The van der Waals surface area contributed by atoms with Crippen molar-refractivity contribution in [2.75, 3.05) is 36.4 Å². The summed E-state index contributed by atoms with van der Waals surface area (Å²) in [7, 11) is 0. The van der Waals surface area contributed by atoms with Crippen LogP contribution in [0.2, 0.25) is 0 Å². The largest absolute Gasteiger partial charge is 0.353 e. The number of hydrogen-bond donors (Lipinski definition) is 1. The lowest BCUT2D eigenvalue weighted by Crippen LogP contribution is -2.49. The van der Waals surface area contributed by atoms with E-state index in [1.54, 1.807) is 12.1 Å². The Hall–Kier alpha value is -3.03. The molecule has 8 heteroatoms. The van der Waals surface area contributed by atoms with Crippen molar-refractivity contribution in [3.05, 3.63) is 53.7 Å². The van der Waals surface area contributed by atoms with Gasteiger partial charge in [-0.25, -0.2) is 13.8 Å². The maximum absolute atomic E-state index is 13.2. The van der Waals surface area contributed by atoms with Crippen LogP contribution in [0.25, 0.3) is 0 Å². The summed E-state index contributed by atoms with van der Waals surface area (Å²) in [4.78, 5) is 32.6. The lowest BCUT2D eigenvalue weighted by molar-refractivity contribution is -0.132. The molecule has 2 aromatic rings. The molecule has 1 saturated carbocycles. The zero-order valence-corrected chi connectivity index (χ0v) is 15.2. The Morgan fingerprint density at radius 2 is 1.68 bits per heavy atom. The molecule has 2 aliphatic rings. The van der Waals surface area contributed by atoms with Crippen molar-refractivity contribution in [3.8, 4) is 0 Å². The molecule has 1 aromatic carbocycles. The van der Waals surface area contributed by atoms with Crippen molar-refractivity contribution in [1.82, 2.24) is 9.88 Å². The highest BCUT2D eigenvalue weighted by atomic mass is 19.1. The predicted molar refractivity (Wildman–Crippen MR) is 100 cm³/mol. The molecule has 1 N–H and O–H groups in total. The number of pyridine rings is 1. The number of halogens is 2. The summed E-state index contributed by atoms with van der Waals surface area (Å²) in [6.07, 6.45) is 3.52. The van der Waals surface area contributed by atoms with E-state index in [9.17, 15) is 18.4 Å². The third-order valence-electron chi connectivity index (χ3n) is 4.97. The maximum atomic E-state index is 13.2. The molecule has 28 heavy (non-hydrogen) atoms. The molecule has 0 radical (unpaired) electrons. The monoisotopic (exact) mass is 386 g/mol. The van der Waals surface area contributed by atoms with Crippen LogP contribution in [0.15, 0.2) is 36.5 Å². The maximum Gasteiger partial charge on any atom is 0.255 e. The Balaban J connectivity index is 1.35. The van der Waals surface area contributed by atoms with Crippen LogP contribution in [-0.2, 0) is 4.79 Å². The molecule has 1 aliphatic heterocycles. The van der Waals surface area contributed by atoms with E-state index >= 15 is 0 Å². The topological polar surface area (TPSA) is 65.5 Å². The molecule has 0 spiro atoms. The lowest BCUT2D eigenvalue weighted by atomic mass is 10.2. The summed E-state index contributed by atoms with van der Waals surface area (Å²) in [6.45, 7) is 2.78. The number of aromatic nitrogens is 1. The van der Waals surface area contributed by atoms with Crippen LogP contribution in [0.3, 0.4) is 0 Å². The SMILES string of the molecule is O=C(Nc1ccc(N2CCN(C(=O)C3CC3)CC2)nc1)c1cc(F)cc(F)c1. The normalized spacial score (nSPS) is 16.8. The molecule has 1 saturated heterocycles. The number of carbonyl (C=O) groups excluding carboxylic acids is 2. The molecule has 0 atom stereocenters. The fourth-order valence-corrected chi connectivity index (χ4v) is 3.28. The average molecular weight is 386 g/mol. The van der Waals surface area contributed by atoms with Crippen LogP contribution in [0.1, 0.15) is 23.2 Å². The molecule has 0 bridgehead atoms. The van der Waals surface area contributed by atoms with E-state index in [2.05, 4.69) is 15.2 Å². The number of amides is 2. The number of benzene rings is 1. The van der Waals surface area contributed by atoms with E-state index in [-0.39, 0.29) is 17.4 Å². The van der Waals surface area contributed by atoms with Gasteiger partial charge in [-0.15, -0.1) is 0 Å². The second kappa shape index (κ2) is 7.53. The Morgan fingerprint density at radius 3 is 2.25 bits per heavy atom. The van der Waals surface area contributed by atoms with Crippen LogP contribution >= 0.6 is 0 Å². The predicted octanol–water partition coefficient (Wildman–Crippen LogP) is 2.67. The van der Waals surface area contributed by atoms with Gasteiger partial charge in [-0.3, -0.25) is 9.59 Å². The standard InChI is InChI=1S/C20H20F2N4O2/c21-15-9-14(10-16(22)11-15)19(27)24-17-3-4-18(23-12-17)25-5-7-26(8-6-25)20(28)13-1-2-13/h3-4,9-13H,1-2,5-8H2,(H,24,27). The number of rotatable bonds is 4. The first kappa shape index (κ1) is 18.3. The quantitative estimate of drug-likeness (QED) is 0.878. The van der Waals surface area contributed by atoms with Crippen molar-refractivity contribution in [1.29, 1.82) is 0 Å². The summed E-state index contributed by atoms with van der Waals surface area (Å²) in [5, 5.41) is 2.58. The fourth-order valence-electron chi connectivity index (χ4n) is 3.28. The Morgan fingerprint density at radius 1 is 1.00 bits per heavy atom. The average Bonchev–Trinajstić information content (AvgIpc) is 3.53. The van der Waals surface area contributed by atoms with E-state index in [0.717, 1.165) is 30.8 Å². The third kappa shape index (κ3) is 4.11. The highest BCUT2D eigenvalue weighted by molar-refractivity contribution is 6.04. The summed E-state index contributed by atoms with van der Waals surface area (Å²) >= 11 is 0. The minimum absolute atomic E-state index is 0.0990. The molecule has 1 aromatic heterocycles. The number of anilines is 2. The molecule has 2 heterocycles. The fraction of sp³-hybridized carbons (Fsp3) is 0.350. The molecule has 146 valence electrons. The van der Waals surface area contributed by atoms with Crippen molar-refractivity contribution >= 4 is 23.3 Å². The van der Waals surface area contributed by atoms with E-state index in [1.165, 1.54) is 6.20 Å². The number of carbonyl (C=O) groups is 2. The van der Waals surface area contributed by atoms with E-state index in [4.69, 9.17) is 0 Å². The van der Waals surface area contributed by atoms with Crippen molar-refractivity contribution in [2.24, 2.45) is 5.92 Å². The molecule has 1 aliphatic carbocycles. The van der Waals surface area contributed by atoms with Crippen LogP contribution in [-0.4, -0.2) is 47.9 Å². The van der Waals surface area contributed by atoms with Gasteiger partial charge in [0.25, 0.3) is 5.91 Å². The molecular weight excluding hydrogens is 366 g/mol. The van der Waals surface area contributed by atoms with E-state index < -0.39 is 17.5 Å². The minimum atomic E-state index is -0.807. The van der Waals surface area contributed by atoms with Gasteiger partial charge in [-0.05, 0) is 37.1 Å². The van der Waals surface area contributed by atoms with Crippen LogP contribution in [0.4, 0.5) is 20.3 Å². The molecule has 2 amide bonds. The van der Waals surface area contributed by atoms with Gasteiger partial charge in [0.2, 0.25) is 5.91 Å². The summed E-state index contributed by atoms with van der Waals surface area (Å²) in [6, 6.07) is 6.13. The molecule has 0 unspecified atom stereocenters. The van der Waals surface area contributed by atoms with Crippen LogP contribution in [0, 0.1) is 17.6 Å². The first-order valence-electron chi connectivity index (χ1n) is 9.27. The molecule has 6 nitrogen and oxygen atoms in total. The summed E-state index contributed by atoms with van der Waals surface area (Å²) in [5.41, 5.74) is 0.332.